The molecule has 1 aliphatic heterocycles. The van der Waals surface area contributed by atoms with Crippen molar-refractivity contribution in [1.29, 1.82) is 0 Å². The van der Waals surface area contributed by atoms with Gasteiger partial charge in [0.05, 0.1) is 0 Å². The summed E-state index contributed by atoms with van der Waals surface area (Å²) in [6.07, 6.45) is 3.48. The summed E-state index contributed by atoms with van der Waals surface area (Å²) in [5.74, 6) is 1.39. The van der Waals surface area contributed by atoms with E-state index in [4.69, 9.17) is 9.40 Å². The van der Waals surface area contributed by atoms with Gasteiger partial charge >= 0.3 is 0 Å². The summed E-state index contributed by atoms with van der Waals surface area (Å²) in [7, 11) is 0. The lowest BCUT2D eigenvalue weighted by molar-refractivity contribution is 0.0381. The predicted molar refractivity (Wildman–Crippen MR) is 91.3 cm³/mol. The second-order valence-corrected chi connectivity index (χ2v) is 7.67. The molecule has 1 fully saturated rings. The van der Waals surface area contributed by atoms with Crippen molar-refractivity contribution < 1.29 is 4.42 Å². The second-order valence-electron chi connectivity index (χ2n) is 7.67. The maximum absolute atomic E-state index is 6.05. The molecule has 3 rings (SSSR count). The highest BCUT2D eigenvalue weighted by Gasteiger charge is 2.35. The van der Waals surface area contributed by atoms with Gasteiger partial charge in [0.15, 0.2) is 11.5 Å². The molecule has 0 radical (unpaired) electrons. The molecule has 3 heteroatoms. The largest absolute Gasteiger partial charge is 0.440 e. The van der Waals surface area contributed by atoms with Crippen molar-refractivity contribution in [2.45, 2.75) is 71.4 Å². The molecule has 2 aromatic rings. The van der Waals surface area contributed by atoms with E-state index in [1.807, 2.05) is 6.07 Å². The molecule has 120 valence electrons. The van der Waals surface area contributed by atoms with Crippen LogP contribution in [-0.2, 0) is 0 Å². The molecule has 1 saturated heterocycles. The summed E-state index contributed by atoms with van der Waals surface area (Å²) in [4.78, 5) is 7.42. The highest BCUT2D eigenvalue weighted by atomic mass is 16.3. The third-order valence-electron chi connectivity index (χ3n) is 4.96. The third-order valence-corrected chi connectivity index (χ3v) is 4.96. The van der Waals surface area contributed by atoms with E-state index in [0.29, 0.717) is 12.0 Å². The lowest BCUT2D eigenvalue weighted by Gasteiger charge is -2.46. The van der Waals surface area contributed by atoms with Crippen molar-refractivity contribution in [3.8, 4) is 0 Å². The first-order valence-corrected chi connectivity index (χ1v) is 8.52. The van der Waals surface area contributed by atoms with Gasteiger partial charge in [0.25, 0.3) is 0 Å². The Bertz CT molecular complexity index is 653. The third kappa shape index (κ3) is 2.91. The molecule has 0 saturated carbocycles. The maximum atomic E-state index is 6.05. The number of benzene rings is 1. The Labute approximate surface area is 133 Å². The summed E-state index contributed by atoms with van der Waals surface area (Å²) in [5, 5.41) is 0. The minimum atomic E-state index is 0.240. The molecular weight excluding hydrogens is 272 g/mol. The highest BCUT2D eigenvalue weighted by Crippen LogP contribution is 2.36. The molecule has 1 aliphatic rings. The second kappa shape index (κ2) is 5.69. The van der Waals surface area contributed by atoms with Gasteiger partial charge in [-0.25, -0.2) is 4.98 Å². The van der Waals surface area contributed by atoms with Gasteiger partial charge in [-0.3, -0.25) is 4.90 Å². The molecule has 0 unspecified atom stereocenters. The van der Waals surface area contributed by atoms with Gasteiger partial charge in [-0.1, -0.05) is 13.0 Å². The van der Waals surface area contributed by atoms with E-state index in [1.165, 1.54) is 12.0 Å². The Balaban J connectivity index is 1.83. The summed E-state index contributed by atoms with van der Waals surface area (Å²) >= 11 is 0. The van der Waals surface area contributed by atoms with E-state index >= 15 is 0 Å². The Hall–Kier alpha value is -1.35. The van der Waals surface area contributed by atoms with E-state index in [2.05, 4.69) is 51.7 Å². The van der Waals surface area contributed by atoms with Crippen molar-refractivity contribution in [2.75, 3.05) is 6.54 Å². The zero-order valence-electron chi connectivity index (χ0n) is 14.5. The molecule has 1 aromatic heterocycles. The fourth-order valence-electron chi connectivity index (χ4n) is 3.78. The monoisotopic (exact) mass is 300 g/mol. The van der Waals surface area contributed by atoms with Crippen LogP contribution in [0.5, 0.6) is 0 Å². The van der Waals surface area contributed by atoms with Gasteiger partial charge < -0.3 is 4.42 Å². The molecule has 22 heavy (non-hydrogen) atoms. The van der Waals surface area contributed by atoms with E-state index in [-0.39, 0.29) is 5.54 Å². The van der Waals surface area contributed by atoms with Crippen LogP contribution in [0.2, 0.25) is 0 Å². The van der Waals surface area contributed by atoms with Crippen molar-refractivity contribution in [3.05, 3.63) is 29.7 Å². The molecule has 0 N–H and O–H groups in total. The number of piperidine rings is 1. The van der Waals surface area contributed by atoms with Crippen LogP contribution in [0.3, 0.4) is 0 Å². The molecule has 0 amide bonds. The quantitative estimate of drug-likeness (QED) is 0.790. The van der Waals surface area contributed by atoms with Crippen molar-refractivity contribution >= 4 is 11.1 Å². The molecule has 0 aliphatic carbocycles. The zero-order valence-corrected chi connectivity index (χ0v) is 14.5. The van der Waals surface area contributed by atoms with Gasteiger partial charge in [0.2, 0.25) is 0 Å². The Morgan fingerprint density at radius 2 is 2.09 bits per heavy atom. The number of aromatic nitrogens is 1. The van der Waals surface area contributed by atoms with Crippen LogP contribution in [0.4, 0.5) is 0 Å². The van der Waals surface area contributed by atoms with E-state index in [9.17, 15) is 0 Å². The number of likely N-dealkylation sites (tertiary alicyclic amines) is 1. The van der Waals surface area contributed by atoms with Gasteiger partial charge in [-0.15, -0.1) is 0 Å². The minimum Gasteiger partial charge on any atom is -0.440 e. The molecule has 0 bridgehead atoms. The summed E-state index contributed by atoms with van der Waals surface area (Å²) in [6.45, 7) is 12.5. The molecule has 2 atom stereocenters. The Morgan fingerprint density at radius 1 is 1.32 bits per heavy atom. The first-order chi connectivity index (χ1) is 10.4. The number of aryl methyl sites for hydroxylation is 1. The van der Waals surface area contributed by atoms with Crippen LogP contribution in [0, 0.1) is 6.92 Å². The average molecular weight is 300 g/mol. The summed E-state index contributed by atoms with van der Waals surface area (Å²) < 4.78 is 6.05. The number of nitrogens with zero attached hydrogens (tertiary/aromatic N) is 2. The minimum absolute atomic E-state index is 0.240. The topological polar surface area (TPSA) is 29.3 Å². The lowest BCUT2D eigenvalue weighted by atomic mass is 9.86. The Morgan fingerprint density at radius 3 is 2.77 bits per heavy atom. The van der Waals surface area contributed by atoms with Gasteiger partial charge in [-0.05, 0) is 71.2 Å². The van der Waals surface area contributed by atoms with Gasteiger partial charge in [-0.2, -0.15) is 0 Å². The van der Waals surface area contributed by atoms with Crippen LogP contribution >= 0.6 is 0 Å². The fourth-order valence-corrected chi connectivity index (χ4v) is 3.78. The fraction of sp³-hybridized carbons (Fsp3) is 0.632. The molecule has 3 nitrogen and oxygen atoms in total. The predicted octanol–water partition coefficient (Wildman–Crippen LogP) is 4.89. The van der Waals surface area contributed by atoms with Crippen LogP contribution in [0.25, 0.3) is 11.1 Å². The van der Waals surface area contributed by atoms with E-state index in [0.717, 1.165) is 36.4 Å². The molecular formula is C19H28N2O. The van der Waals surface area contributed by atoms with Crippen molar-refractivity contribution in [2.24, 2.45) is 0 Å². The first kappa shape index (κ1) is 15.5. The summed E-state index contributed by atoms with van der Waals surface area (Å²) in [5.41, 5.74) is 3.40. The van der Waals surface area contributed by atoms with E-state index in [1.54, 1.807) is 0 Å². The van der Waals surface area contributed by atoms with Gasteiger partial charge in [0, 0.05) is 17.5 Å². The highest BCUT2D eigenvalue weighted by molar-refractivity contribution is 5.73. The van der Waals surface area contributed by atoms with Gasteiger partial charge in [0.1, 0.15) is 5.52 Å². The van der Waals surface area contributed by atoms with Crippen molar-refractivity contribution in [3.63, 3.8) is 0 Å². The van der Waals surface area contributed by atoms with E-state index < -0.39 is 0 Å². The standard InChI is InChI=1S/C19H28N2O/c1-6-15-12-14(9-10-21(15)19(3,4)5)18-20-16-11-13(2)7-8-17(16)22-18/h7-8,11,14-15H,6,9-10,12H2,1-5H3/t14-,15+/m0/s1. The molecule has 0 spiro atoms. The number of rotatable bonds is 2. The SMILES string of the molecule is CC[C@@H]1C[C@@H](c2nc3cc(C)ccc3o2)CCN1C(C)(C)C. The summed E-state index contributed by atoms with van der Waals surface area (Å²) in [6, 6.07) is 6.87. The maximum Gasteiger partial charge on any atom is 0.198 e. The smallest absolute Gasteiger partial charge is 0.198 e. The normalized spacial score (nSPS) is 24.0. The average Bonchev–Trinajstić information content (AvgIpc) is 2.88. The number of oxazole rings is 1. The van der Waals surface area contributed by atoms with Crippen molar-refractivity contribution in [1.82, 2.24) is 9.88 Å². The number of fused-ring (bicyclic) bond motifs is 1. The number of hydrogen-bond acceptors (Lipinski definition) is 3. The number of hydrogen-bond donors (Lipinski definition) is 0. The first-order valence-electron chi connectivity index (χ1n) is 8.52. The van der Waals surface area contributed by atoms with Crippen LogP contribution in [-0.4, -0.2) is 28.0 Å². The molecule has 2 heterocycles. The van der Waals surface area contributed by atoms with Crippen LogP contribution in [0.1, 0.15) is 64.3 Å². The zero-order chi connectivity index (χ0) is 15.9. The van der Waals surface area contributed by atoms with Crippen LogP contribution < -0.4 is 0 Å². The lowest BCUT2D eigenvalue weighted by Crippen LogP contribution is -2.51. The molecule has 1 aromatic carbocycles. The van der Waals surface area contributed by atoms with Crippen LogP contribution in [0.15, 0.2) is 22.6 Å². The Kier molecular flexibility index (Phi) is 4.02.